The van der Waals surface area contributed by atoms with E-state index in [4.69, 9.17) is 32.7 Å². The Hall–Kier alpha value is -1.23. The molecule has 0 bridgehead atoms. The van der Waals surface area contributed by atoms with E-state index < -0.39 is 0 Å². The van der Waals surface area contributed by atoms with Crippen molar-refractivity contribution >= 4 is 40.3 Å². The first-order valence-corrected chi connectivity index (χ1v) is 7.59. The summed E-state index contributed by atoms with van der Waals surface area (Å²) in [5.41, 5.74) is 1.26. The van der Waals surface area contributed by atoms with E-state index in [0.717, 1.165) is 5.56 Å². The lowest BCUT2D eigenvalue weighted by atomic mass is 10.1. The molecule has 0 unspecified atom stereocenters. The van der Waals surface area contributed by atoms with Crippen molar-refractivity contribution in [3.05, 3.63) is 43.6 Å². The standard InChI is InChI=1S/C14H10Cl2O3S/c1-7-6-20-14(12(7)16)13(17)8-4-10-11(5-9(8)15)19-3-2-18-10/h4-6H,2-3H2,1H3. The van der Waals surface area contributed by atoms with Gasteiger partial charge in [0.1, 0.15) is 13.2 Å². The minimum Gasteiger partial charge on any atom is -0.486 e. The van der Waals surface area contributed by atoms with Crippen molar-refractivity contribution in [1.82, 2.24) is 0 Å². The van der Waals surface area contributed by atoms with E-state index in [1.54, 1.807) is 12.1 Å². The van der Waals surface area contributed by atoms with Crippen LogP contribution in [-0.2, 0) is 0 Å². The monoisotopic (exact) mass is 328 g/mol. The molecule has 0 radical (unpaired) electrons. The normalized spacial score (nSPS) is 13.3. The molecular weight excluding hydrogens is 319 g/mol. The van der Waals surface area contributed by atoms with Crippen molar-refractivity contribution in [2.24, 2.45) is 0 Å². The van der Waals surface area contributed by atoms with Crippen LogP contribution in [0.5, 0.6) is 11.5 Å². The molecule has 0 aliphatic carbocycles. The van der Waals surface area contributed by atoms with Crippen LogP contribution < -0.4 is 9.47 Å². The van der Waals surface area contributed by atoms with Crippen LogP contribution in [0.25, 0.3) is 0 Å². The molecule has 6 heteroatoms. The smallest absolute Gasteiger partial charge is 0.206 e. The van der Waals surface area contributed by atoms with Gasteiger partial charge in [0.2, 0.25) is 5.78 Å². The largest absolute Gasteiger partial charge is 0.486 e. The quantitative estimate of drug-likeness (QED) is 0.768. The number of hydrogen-bond donors (Lipinski definition) is 0. The maximum absolute atomic E-state index is 12.5. The fourth-order valence-electron chi connectivity index (χ4n) is 1.94. The molecule has 0 N–H and O–H groups in total. The SMILES string of the molecule is Cc1csc(C(=O)c2cc3c(cc2Cl)OCCO3)c1Cl. The van der Waals surface area contributed by atoms with E-state index in [1.807, 2.05) is 12.3 Å². The molecule has 2 aromatic rings. The maximum Gasteiger partial charge on any atom is 0.206 e. The molecule has 0 saturated heterocycles. The zero-order chi connectivity index (χ0) is 14.3. The second kappa shape index (κ2) is 5.28. The molecule has 0 saturated carbocycles. The molecular formula is C14H10Cl2O3S. The van der Waals surface area contributed by atoms with Gasteiger partial charge in [-0.1, -0.05) is 23.2 Å². The predicted octanol–water partition coefficient (Wildman–Crippen LogP) is 4.37. The van der Waals surface area contributed by atoms with Gasteiger partial charge in [0.15, 0.2) is 11.5 Å². The van der Waals surface area contributed by atoms with Gasteiger partial charge in [0, 0.05) is 11.6 Å². The Morgan fingerprint density at radius 3 is 2.45 bits per heavy atom. The molecule has 20 heavy (non-hydrogen) atoms. The van der Waals surface area contributed by atoms with Crippen LogP contribution in [0.1, 0.15) is 20.8 Å². The highest BCUT2D eigenvalue weighted by Gasteiger charge is 2.23. The fraction of sp³-hybridized carbons (Fsp3) is 0.214. The molecule has 2 heterocycles. The molecule has 0 fully saturated rings. The van der Waals surface area contributed by atoms with Crippen LogP contribution in [0, 0.1) is 6.92 Å². The molecule has 1 aliphatic heterocycles. The molecule has 0 amide bonds. The summed E-state index contributed by atoms with van der Waals surface area (Å²) in [4.78, 5) is 13.0. The van der Waals surface area contributed by atoms with Gasteiger partial charge in [-0.3, -0.25) is 4.79 Å². The van der Waals surface area contributed by atoms with Crippen LogP contribution in [-0.4, -0.2) is 19.0 Å². The maximum atomic E-state index is 12.5. The van der Waals surface area contributed by atoms with Gasteiger partial charge in [-0.2, -0.15) is 0 Å². The number of carbonyl (C=O) groups is 1. The minimum absolute atomic E-state index is 0.199. The Balaban J connectivity index is 2.06. The minimum atomic E-state index is -0.199. The van der Waals surface area contributed by atoms with Crippen molar-refractivity contribution in [3.8, 4) is 11.5 Å². The van der Waals surface area contributed by atoms with Crippen molar-refractivity contribution in [1.29, 1.82) is 0 Å². The Morgan fingerprint density at radius 2 is 1.85 bits per heavy atom. The van der Waals surface area contributed by atoms with Crippen molar-refractivity contribution in [2.45, 2.75) is 6.92 Å². The van der Waals surface area contributed by atoms with Crippen molar-refractivity contribution in [3.63, 3.8) is 0 Å². The molecule has 3 rings (SSSR count). The summed E-state index contributed by atoms with van der Waals surface area (Å²) < 4.78 is 10.9. The van der Waals surface area contributed by atoms with Gasteiger partial charge < -0.3 is 9.47 Å². The van der Waals surface area contributed by atoms with Gasteiger partial charge in [0.05, 0.1) is 14.9 Å². The lowest BCUT2D eigenvalue weighted by molar-refractivity contribution is 0.104. The Bertz CT molecular complexity index is 694. The summed E-state index contributed by atoms with van der Waals surface area (Å²) >= 11 is 13.6. The highest BCUT2D eigenvalue weighted by Crippen LogP contribution is 2.38. The lowest BCUT2D eigenvalue weighted by Gasteiger charge is -2.19. The third-order valence-corrected chi connectivity index (χ3v) is 4.99. The number of halogens is 2. The van der Waals surface area contributed by atoms with E-state index in [0.29, 0.717) is 45.2 Å². The molecule has 0 spiro atoms. The number of hydrogen-bond acceptors (Lipinski definition) is 4. The molecule has 1 aliphatic rings. The van der Waals surface area contributed by atoms with E-state index >= 15 is 0 Å². The number of ketones is 1. The molecule has 104 valence electrons. The first kappa shape index (κ1) is 13.7. The number of thiophene rings is 1. The highest BCUT2D eigenvalue weighted by atomic mass is 35.5. The third kappa shape index (κ3) is 2.28. The average Bonchev–Trinajstić information content (AvgIpc) is 2.77. The summed E-state index contributed by atoms with van der Waals surface area (Å²) in [6.07, 6.45) is 0. The zero-order valence-corrected chi connectivity index (χ0v) is 12.9. The van der Waals surface area contributed by atoms with Crippen LogP contribution in [0.15, 0.2) is 17.5 Å². The number of rotatable bonds is 2. The van der Waals surface area contributed by atoms with Crippen LogP contribution in [0.2, 0.25) is 10.0 Å². The predicted molar refractivity (Wildman–Crippen MR) is 79.9 cm³/mol. The Kier molecular flexibility index (Phi) is 3.63. The van der Waals surface area contributed by atoms with E-state index in [9.17, 15) is 4.79 Å². The molecule has 1 aromatic heterocycles. The third-order valence-electron chi connectivity index (χ3n) is 2.98. The summed E-state index contributed by atoms with van der Waals surface area (Å²) in [5, 5.41) is 2.66. The summed E-state index contributed by atoms with van der Waals surface area (Å²) in [6, 6.07) is 3.22. The first-order valence-electron chi connectivity index (χ1n) is 5.95. The van der Waals surface area contributed by atoms with Gasteiger partial charge in [-0.25, -0.2) is 0 Å². The van der Waals surface area contributed by atoms with Crippen molar-refractivity contribution < 1.29 is 14.3 Å². The van der Waals surface area contributed by atoms with E-state index in [-0.39, 0.29) is 5.78 Å². The topological polar surface area (TPSA) is 35.5 Å². The lowest BCUT2D eigenvalue weighted by Crippen LogP contribution is -2.16. The van der Waals surface area contributed by atoms with Crippen LogP contribution in [0.3, 0.4) is 0 Å². The van der Waals surface area contributed by atoms with E-state index in [1.165, 1.54) is 11.3 Å². The number of aryl methyl sites for hydroxylation is 1. The number of ether oxygens (including phenoxy) is 2. The van der Waals surface area contributed by atoms with Gasteiger partial charge in [0.25, 0.3) is 0 Å². The van der Waals surface area contributed by atoms with Crippen molar-refractivity contribution in [2.75, 3.05) is 13.2 Å². The molecule has 1 aromatic carbocycles. The van der Waals surface area contributed by atoms with Gasteiger partial charge in [-0.05, 0) is 23.9 Å². The average molecular weight is 329 g/mol. The summed E-state index contributed by atoms with van der Waals surface area (Å²) in [6.45, 7) is 2.80. The van der Waals surface area contributed by atoms with Crippen LogP contribution >= 0.6 is 34.5 Å². The molecule has 0 atom stereocenters. The first-order chi connectivity index (χ1) is 9.58. The van der Waals surface area contributed by atoms with E-state index in [2.05, 4.69) is 0 Å². The Morgan fingerprint density at radius 1 is 1.20 bits per heavy atom. The number of fused-ring (bicyclic) bond motifs is 1. The van der Waals surface area contributed by atoms with Gasteiger partial charge in [-0.15, -0.1) is 11.3 Å². The second-order valence-electron chi connectivity index (χ2n) is 4.37. The van der Waals surface area contributed by atoms with Crippen LogP contribution in [0.4, 0.5) is 0 Å². The summed E-state index contributed by atoms with van der Waals surface area (Å²) in [7, 11) is 0. The molecule has 3 nitrogen and oxygen atoms in total. The summed E-state index contributed by atoms with van der Waals surface area (Å²) in [5.74, 6) is 0.898. The van der Waals surface area contributed by atoms with Gasteiger partial charge >= 0.3 is 0 Å². The zero-order valence-electron chi connectivity index (χ0n) is 10.5. The fourth-order valence-corrected chi connectivity index (χ4v) is 3.42. The highest BCUT2D eigenvalue weighted by molar-refractivity contribution is 7.13. The number of carbonyl (C=O) groups excluding carboxylic acids is 1. The number of benzene rings is 1. The second-order valence-corrected chi connectivity index (χ2v) is 6.03. The Labute approximate surface area is 130 Å².